The summed E-state index contributed by atoms with van der Waals surface area (Å²) in [5.41, 5.74) is 1.15. The van der Waals surface area contributed by atoms with E-state index in [0.29, 0.717) is 26.1 Å². The second-order valence-electron chi connectivity index (χ2n) is 6.42. The molecule has 126 valence electrons. The maximum absolute atomic E-state index is 12.4. The topological polar surface area (TPSA) is 63.7 Å². The fourth-order valence-corrected chi connectivity index (χ4v) is 5.01. The van der Waals surface area contributed by atoms with Gasteiger partial charge in [0.25, 0.3) is 0 Å². The highest BCUT2D eigenvalue weighted by atomic mass is 32.2. The summed E-state index contributed by atoms with van der Waals surface area (Å²) in [4.78, 5) is 14.2. The molecule has 23 heavy (non-hydrogen) atoms. The fourth-order valence-electron chi connectivity index (χ4n) is 3.28. The molecule has 1 aromatic rings. The smallest absolute Gasteiger partial charge is 0.226 e. The number of rotatable bonds is 4. The number of hydrogen-bond acceptors (Lipinski definition) is 4. The SMILES string of the molecule is O=C(C1CCS(=O)(=O)C1)N1CCC(OCc2ccccc2)CC1. The van der Waals surface area contributed by atoms with Crippen LogP contribution in [-0.4, -0.2) is 49.9 Å². The van der Waals surface area contributed by atoms with Crippen LogP contribution in [0.4, 0.5) is 0 Å². The van der Waals surface area contributed by atoms with Crippen LogP contribution in [0.5, 0.6) is 0 Å². The van der Waals surface area contributed by atoms with Crippen molar-refractivity contribution in [3.8, 4) is 0 Å². The van der Waals surface area contributed by atoms with Gasteiger partial charge in [-0.05, 0) is 24.8 Å². The maximum atomic E-state index is 12.4. The molecule has 2 saturated heterocycles. The van der Waals surface area contributed by atoms with Crippen molar-refractivity contribution in [1.29, 1.82) is 0 Å². The van der Waals surface area contributed by atoms with Crippen molar-refractivity contribution in [3.05, 3.63) is 35.9 Å². The Morgan fingerprint density at radius 1 is 1.13 bits per heavy atom. The molecule has 0 radical (unpaired) electrons. The number of carbonyl (C=O) groups is 1. The van der Waals surface area contributed by atoms with Gasteiger partial charge in [0.15, 0.2) is 9.84 Å². The Hall–Kier alpha value is -1.40. The quantitative estimate of drug-likeness (QED) is 0.838. The zero-order valence-corrected chi connectivity index (χ0v) is 14.0. The molecule has 0 spiro atoms. The van der Waals surface area contributed by atoms with Gasteiger partial charge >= 0.3 is 0 Å². The number of piperidine rings is 1. The molecule has 1 amide bonds. The second kappa shape index (κ2) is 7.01. The number of sulfone groups is 1. The predicted molar refractivity (Wildman–Crippen MR) is 87.6 cm³/mol. The highest BCUT2D eigenvalue weighted by molar-refractivity contribution is 7.91. The molecular weight excluding hydrogens is 314 g/mol. The van der Waals surface area contributed by atoms with Crippen LogP contribution in [0.25, 0.3) is 0 Å². The Kier molecular flexibility index (Phi) is 5.02. The van der Waals surface area contributed by atoms with Crippen molar-refractivity contribution in [2.24, 2.45) is 5.92 Å². The Bertz CT molecular complexity index is 636. The summed E-state index contributed by atoms with van der Waals surface area (Å²) >= 11 is 0. The molecule has 5 nitrogen and oxygen atoms in total. The molecule has 0 aliphatic carbocycles. The first kappa shape index (κ1) is 16.5. The van der Waals surface area contributed by atoms with Gasteiger partial charge in [-0.15, -0.1) is 0 Å². The van der Waals surface area contributed by atoms with Gasteiger partial charge in [0, 0.05) is 13.1 Å². The zero-order valence-electron chi connectivity index (χ0n) is 13.2. The Balaban J connectivity index is 1.44. The van der Waals surface area contributed by atoms with Crippen LogP contribution >= 0.6 is 0 Å². The minimum absolute atomic E-state index is 0.00702. The monoisotopic (exact) mass is 337 g/mol. The van der Waals surface area contributed by atoms with Gasteiger partial charge in [-0.1, -0.05) is 30.3 Å². The molecule has 2 aliphatic heterocycles. The van der Waals surface area contributed by atoms with E-state index in [-0.39, 0.29) is 29.4 Å². The number of hydrogen-bond donors (Lipinski definition) is 0. The maximum Gasteiger partial charge on any atom is 0.226 e. The molecule has 6 heteroatoms. The third kappa shape index (κ3) is 4.32. The van der Waals surface area contributed by atoms with Gasteiger partial charge in [0.05, 0.1) is 30.1 Å². The Labute approximate surface area is 137 Å². The number of carbonyl (C=O) groups excluding carboxylic acids is 1. The van der Waals surface area contributed by atoms with E-state index >= 15 is 0 Å². The van der Waals surface area contributed by atoms with E-state index in [1.807, 2.05) is 35.2 Å². The minimum Gasteiger partial charge on any atom is -0.373 e. The predicted octanol–water partition coefficient (Wildman–Crippen LogP) is 1.63. The van der Waals surface area contributed by atoms with E-state index in [4.69, 9.17) is 4.74 Å². The van der Waals surface area contributed by atoms with Crippen LogP contribution in [0.3, 0.4) is 0 Å². The molecule has 2 aliphatic rings. The summed E-state index contributed by atoms with van der Waals surface area (Å²) in [6.45, 7) is 1.92. The number of amides is 1. The van der Waals surface area contributed by atoms with E-state index in [9.17, 15) is 13.2 Å². The van der Waals surface area contributed by atoms with Crippen LogP contribution in [0, 0.1) is 5.92 Å². The van der Waals surface area contributed by atoms with Crippen molar-refractivity contribution in [2.75, 3.05) is 24.6 Å². The second-order valence-corrected chi connectivity index (χ2v) is 8.65. The lowest BCUT2D eigenvalue weighted by Gasteiger charge is -2.33. The standard InChI is InChI=1S/C17H23NO4S/c19-17(15-8-11-23(20,21)13-15)18-9-6-16(7-10-18)22-12-14-4-2-1-3-5-14/h1-5,15-16H,6-13H2. The first-order valence-electron chi connectivity index (χ1n) is 8.18. The van der Waals surface area contributed by atoms with Crippen molar-refractivity contribution >= 4 is 15.7 Å². The van der Waals surface area contributed by atoms with Gasteiger partial charge in [-0.3, -0.25) is 4.79 Å². The molecule has 0 saturated carbocycles. The highest BCUT2D eigenvalue weighted by Crippen LogP contribution is 2.23. The van der Waals surface area contributed by atoms with Crippen LogP contribution in [0.1, 0.15) is 24.8 Å². The summed E-state index contributed by atoms with van der Waals surface area (Å²) in [7, 11) is -3.00. The first-order chi connectivity index (χ1) is 11.0. The molecule has 3 rings (SSSR count). The molecule has 0 N–H and O–H groups in total. The summed E-state index contributed by atoms with van der Waals surface area (Å²) < 4.78 is 28.9. The van der Waals surface area contributed by atoms with Crippen molar-refractivity contribution in [1.82, 2.24) is 4.90 Å². The Morgan fingerprint density at radius 3 is 2.43 bits per heavy atom. The van der Waals surface area contributed by atoms with Crippen LogP contribution in [-0.2, 0) is 26.0 Å². The fraction of sp³-hybridized carbons (Fsp3) is 0.588. The Morgan fingerprint density at radius 2 is 1.83 bits per heavy atom. The molecule has 0 aromatic heterocycles. The third-order valence-corrected chi connectivity index (χ3v) is 6.43. The molecule has 2 fully saturated rings. The molecular formula is C17H23NO4S. The number of ether oxygens (including phenoxy) is 1. The van der Waals surface area contributed by atoms with Gasteiger partial charge in [-0.25, -0.2) is 8.42 Å². The average molecular weight is 337 g/mol. The van der Waals surface area contributed by atoms with E-state index in [1.54, 1.807) is 0 Å². The van der Waals surface area contributed by atoms with E-state index in [1.165, 1.54) is 0 Å². The number of likely N-dealkylation sites (tertiary alicyclic amines) is 1. The molecule has 1 aromatic carbocycles. The summed E-state index contributed by atoms with van der Waals surface area (Å²) in [5, 5.41) is 0. The normalized spacial score (nSPS) is 24.7. The summed E-state index contributed by atoms with van der Waals surface area (Å²) in [5.74, 6) is -0.148. The minimum atomic E-state index is -3.00. The zero-order chi connectivity index (χ0) is 16.3. The number of nitrogens with zero attached hydrogens (tertiary/aromatic N) is 1. The average Bonchev–Trinajstić information content (AvgIpc) is 2.94. The lowest BCUT2D eigenvalue weighted by Crippen LogP contribution is -2.43. The van der Waals surface area contributed by atoms with E-state index in [2.05, 4.69) is 0 Å². The largest absolute Gasteiger partial charge is 0.373 e. The highest BCUT2D eigenvalue weighted by Gasteiger charge is 2.36. The van der Waals surface area contributed by atoms with Gasteiger partial charge in [0.1, 0.15) is 0 Å². The number of benzene rings is 1. The van der Waals surface area contributed by atoms with Crippen LogP contribution in [0.15, 0.2) is 30.3 Å². The van der Waals surface area contributed by atoms with Crippen molar-refractivity contribution in [3.63, 3.8) is 0 Å². The van der Waals surface area contributed by atoms with Crippen LogP contribution < -0.4 is 0 Å². The van der Waals surface area contributed by atoms with Crippen molar-refractivity contribution < 1.29 is 17.9 Å². The molecule has 1 unspecified atom stereocenters. The van der Waals surface area contributed by atoms with Gasteiger partial charge < -0.3 is 9.64 Å². The van der Waals surface area contributed by atoms with E-state index < -0.39 is 9.84 Å². The third-order valence-electron chi connectivity index (χ3n) is 4.66. The lowest BCUT2D eigenvalue weighted by molar-refractivity contribution is -0.137. The van der Waals surface area contributed by atoms with E-state index in [0.717, 1.165) is 18.4 Å². The van der Waals surface area contributed by atoms with Gasteiger partial charge in [-0.2, -0.15) is 0 Å². The van der Waals surface area contributed by atoms with Crippen LogP contribution in [0.2, 0.25) is 0 Å². The van der Waals surface area contributed by atoms with Gasteiger partial charge in [0.2, 0.25) is 5.91 Å². The summed E-state index contributed by atoms with van der Waals surface area (Å²) in [6, 6.07) is 10.1. The lowest BCUT2D eigenvalue weighted by atomic mass is 10.0. The molecule has 2 heterocycles. The summed E-state index contributed by atoms with van der Waals surface area (Å²) in [6.07, 6.45) is 2.29. The molecule has 1 atom stereocenters. The van der Waals surface area contributed by atoms with Crippen molar-refractivity contribution in [2.45, 2.75) is 32.0 Å². The molecule has 0 bridgehead atoms. The first-order valence-corrected chi connectivity index (χ1v) is 10.0.